The summed E-state index contributed by atoms with van der Waals surface area (Å²) in [5.41, 5.74) is 2.70. The molecule has 1 amide bonds. The van der Waals surface area contributed by atoms with Crippen LogP contribution >= 0.6 is 11.6 Å². The minimum Gasteiger partial charge on any atom is -0.465 e. The molecule has 136 valence electrons. The molecule has 1 heterocycles. The molecule has 0 atom stereocenters. The van der Waals surface area contributed by atoms with Crippen LogP contribution in [0.2, 0.25) is 5.02 Å². The number of methoxy groups -OCH3 is 1. The van der Waals surface area contributed by atoms with Crippen LogP contribution in [0, 0.1) is 0 Å². The number of nitrogens with zero attached hydrogens (tertiary/aromatic N) is 1. The SMILES string of the molecule is COC(=O)c1cccc(NC(=O)c2cncc(Nc3ccc(Cl)cc3)c2)c1. The Labute approximate surface area is 161 Å². The topological polar surface area (TPSA) is 80.3 Å². The zero-order valence-electron chi connectivity index (χ0n) is 14.4. The van der Waals surface area contributed by atoms with Crippen molar-refractivity contribution in [2.75, 3.05) is 17.7 Å². The van der Waals surface area contributed by atoms with Crippen molar-refractivity contribution < 1.29 is 14.3 Å². The monoisotopic (exact) mass is 381 g/mol. The van der Waals surface area contributed by atoms with Crippen LogP contribution in [-0.2, 0) is 4.74 Å². The molecule has 3 rings (SSSR count). The number of aromatic nitrogens is 1. The number of pyridine rings is 1. The Balaban J connectivity index is 1.73. The molecule has 0 saturated carbocycles. The third kappa shape index (κ3) is 4.83. The van der Waals surface area contributed by atoms with Gasteiger partial charge in [-0.1, -0.05) is 17.7 Å². The predicted octanol–water partition coefficient (Wildman–Crippen LogP) is 4.52. The zero-order valence-corrected chi connectivity index (χ0v) is 15.2. The summed E-state index contributed by atoms with van der Waals surface area (Å²) >= 11 is 5.88. The molecule has 0 aliphatic heterocycles. The maximum Gasteiger partial charge on any atom is 0.337 e. The van der Waals surface area contributed by atoms with Gasteiger partial charge in [0.15, 0.2) is 0 Å². The molecule has 0 aliphatic rings. The van der Waals surface area contributed by atoms with E-state index in [9.17, 15) is 9.59 Å². The first-order valence-electron chi connectivity index (χ1n) is 8.02. The lowest BCUT2D eigenvalue weighted by molar-refractivity contribution is 0.0600. The second-order valence-electron chi connectivity index (χ2n) is 5.62. The van der Waals surface area contributed by atoms with Crippen molar-refractivity contribution in [1.82, 2.24) is 4.98 Å². The van der Waals surface area contributed by atoms with Gasteiger partial charge in [0.2, 0.25) is 0 Å². The summed E-state index contributed by atoms with van der Waals surface area (Å²) < 4.78 is 4.68. The van der Waals surface area contributed by atoms with Crippen molar-refractivity contribution >= 4 is 40.5 Å². The quantitative estimate of drug-likeness (QED) is 0.635. The first-order chi connectivity index (χ1) is 13.0. The molecule has 0 aliphatic carbocycles. The minimum absolute atomic E-state index is 0.343. The summed E-state index contributed by atoms with van der Waals surface area (Å²) in [6.07, 6.45) is 3.08. The maximum atomic E-state index is 12.5. The Morgan fingerprint density at radius 3 is 2.41 bits per heavy atom. The van der Waals surface area contributed by atoms with Crippen molar-refractivity contribution in [3.63, 3.8) is 0 Å². The van der Waals surface area contributed by atoms with Gasteiger partial charge in [0, 0.05) is 22.6 Å². The van der Waals surface area contributed by atoms with E-state index < -0.39 is 5.97 Å². The van der Waals surface area contributed by atoms with Crippen molar-refractivity contribution in [1.29, 1.82) is 0 Å². The van der Waals surface area contributed by atoms with Gasteiger partial charge in [0.05, 0.1) is 30.1 Å². The van der Waals surface area contributed by atoms with E-state index in [0.717, 1.165) is 5.69 Å². The number of hydrogen-bond donors (Lipinski definition) is 2. The Bertz CT molecular complexity index is 974. The number of nitrogens with one attached hydrogen (secondary N) is 2. The second-order valence-corrected chi connectivity index (χ2v) is 6.06. The molecular formula is C20H16ClN3O3. The van der Waals surface area contributed by atoms with Gasteiger partial charge in [-0.25, -0.2) is 4.79 Å². The van der Waals surface area contributed by atoms with E-state index in [4.69, 9.17) is 11.6 Å². The summed E-state index contributed by atoms with van der Waals surface area (Å²) in [6, 6.07) is 15.4. The van der Waals surface area contributed by atoms with E-state index in [1.54, 1.807) is 48.7 Å². The summed E-state index contributed by atoms with van der Waals surface area (Å²) in [5.74, 6) is -0.814. The maximum absolute atomic E-state index is 12.5. The molecule has 0 radical (unpaired) electrons. The summed E-state index contributed by atoms with van der Waals surface area (Å²) in [7, 11) is 1.30. The van der Waals surface area contributed by atoms with Crippen LogP contribution in [-0.4, -0.2) is 24.0 Å². The highest BCUT2D eigenvalue weighted by Crippen LogP contribution is 2.20. The van der Waals surface area contributed by atoms with Crippen LogP contribution in [0.25, 0.3) is 0 Å². The lowest BCUT2D eigenvalue weighted by Crippen LogP contribution is -2.13. The van der Waals surface area contributed by atoms with Gasteiger partial charge in [-0.3, -0.25) is 9.78 Å². The molecule has 1 aromatic heterocycles. The normalized spacial score (nSPS) is 10.1. The van der Waals surface area contributed by atoms with Crippen molar-refractivity contribution in [2.45, 2.75) is 0 Å². The molecule has 2 aromatic carbocycles. The lowest BCUT2D eigenvalue weighted by Gasteiger charge is -2.09. The van der Waals surface area contributed by atoms with E-state index in [2.05, 4.69) is 20.4 Å². The number of ether oxygens (including phenoxy) is 1. The van der Waals surface area contributed by atoms with Gasteiger partial charge in [0.25, 0.3) is 5.91 Å². The van der Waals surface area contributed by atoms with E-state index in [1.807, 2.05) is 12.1 Å². The van der Waals surface area contributed by atoms with Crippen LogP contribution < -0.4 is 10.6 Å². The molecule has 0 spiro atoms. The molecule has 0 unspecified atom stereocenters. The number of halogens is 1. The predicted molar refractivity (Wildman–Crippen MR) is 105 cm³/mol. The number of carbonyl (C=O) groups is 2. The molecule has 6 nitrogen and oxygen atoms in total. The van der Waals surface area contributed by atoms with Crippen molar-refractivity contribution in [2.24, 2.45) is 0 Å². The molecule has 0 fully saturated rings. The number of carbonyl (C=O) groups excluding carboxylic acids is 2. The first kappa shape index (κ1) is 18.4. The average Bonchev–Trinajstić information content (AvgIpc) is 2.69. The average molecular weight is 382 g/mol. The van der Waals surface area contributed by atoms with Crippen LogP contribution in [0.3, 0.4) is 0 Å². The highest BCUT2D eigenvalue weighted by atomic mass is 35.5. The second kappa shape index (κ2) is 8.33. The van der Waals surface area contributed by atoms with Gasteiger partial charge in [-0.2, -0.15) is 0 Å². The number of anilines is 3. The van der Waals surface area contributed by atoms with Gasteiger partial charge < -0.3 is 15.4 Å². The van der Waals surface area contributed by atoms with E-state index in [1.165, 1.54) is 13.3 Å². The van der Waals surface area contributed by atoms with Gasteiger partial charge in [-0.05, 0) is 48.5 Å². The van der Waals surface area contributed by atoms with Gasteiger partial charge >= 0.3 is 5.97 Å². The van der Waals surface area contributed by atoms with E-state index >= 15 is 0 Å². The Kier molecular flexibility index (Phi) is 5.68. The van der Waals surface area contributed by atoms with Gasteiger partial charge in [0.1, 0.15) is 0 Å². The lowest BCUT2D eigenvalue weighted by atomic mass is 10.2. The fourth-order valence-electron chi connectivity index (χ4n) is 2.38. The highest BCUT2D eigenvalue weighted by Gasteiger charge is 2.10. The van der Waals surface area contributed by atoms with Crippen LogP contribution in [0.15, 0.2) is 67.0 Å². The number of benzene rings is 2. The number of rotatable bonds is 5. The fraction of sp³-hybridized carbons (Fsp3) is 0.0500. The van der Waals surface area contributed by atoms with Crippen molar-refractivity contribution in [3.05, 3.63) is 83.1 Å². The molecule has 3 aromatic rings. The van der Waals surface area contributed by atoms with E-state index in [-0.39, 0.29) is 5.91 Å². The van der Waals surface area contributed by atoms with Crippen LogP contribution in [0.4, 0.5) is 17.1 Å². The molecule has 2 N–H and O–H groups in total. The molecular weight excluding hydrogens is 366 g/mol. The minimum atomic E-state index is -0.470. The van der Waals surface area contributed by atoms with Crippen molar-refractivity contribution in [3.8, 4) is 0 Å². The standard InChI is InChI=1S/C20H16ClN3O3/c1-27-20(26)13-3-2-4-17(9-13)24-19(25)14-10-18(12-22-11-14)23-16-7-5-15(21)6-8-16/h2-12,23H,1H3,(H,24,25). The molecule has 27 heavy (non-hydrogen) atoms. The van der Waals surface area contributed by atoms with Gasteiger partial charge in [-0.15, -0.1) is 0 Å². The largest absolute Gasteiger partial charge is 0.465 e. The number of amides is 1. The third-order valence-electron chi connectivity index (χ3n) is 3.67. The number of esters is 1. The summed E-state index contributed by atoms with van der Waals surface area (Å²) in [4.78, 5) is 28.2. The smallest absolute Gasteiger partial charge is 0.337 e. The van der Waals surface area contributed by atoms with Crippen LogP contribution in [0.1, 0.15) is 20.7 Å². The third-order valence-corrected chi connectivity index (χ3v) is 3.93. The Morgan fingerprint density at radius 2 is 1.67 bits per heavy atom. The first-order valence-corrected chi connectivity index (χ1v) is 8.40. The Morgan fingerprint density at radius 1 is 0.926 bits per heavy atom. The fourth-order valence-corrected chi connectivity index (χ4v) is 2.50. The molecule has 0 saturated heterocycles. The van der Waals surface area contributed by atoms with E-state index in [0.29, 0.717) is 27.5 Å². The Hall–Kier alpha value is -3.38. The molecule has 7 heteroatoms. The zero-order chi connectivity index (χ0) is 19.2. The molecule has 0 bridgehead atoms. The highest BCUT2D eigenvalue weighted by molar-refractivity contribution is 6.30. The number of hydrogen-bond acceptors (Lipinski definition) is 5. The summed E-state index contributed by atoms with van der Waals surface area (Å²) in [5, 5.41) is 6.54. The summed E-state index contributed by atoms with van der Waals surface area (Å²) in [6.45, 7) is 0. The van der Waals surface area contributed by atoms with Crippen LogP contribution in [0.5, 0.6) is 0 Å².